The third kappa shape index (κ3) is 1.49. The molecular weight excluding hydrogens is 158 g/mol. The van der Waals surface area contributed by atoms with E-state index in [4.69, 9.17) is 0 Å². The first-order valence-corrected chi connectivity index (χ1v) is 4.95. The summed E-state index contributed by atoms with van der Waals surface area (Å²) in [5, 5.41) is 3.54. The van der Waals surface area contributed by atoms with Gasteiger partial charge in [-0.05, 0) is 44.9 Å². The van der Waals surface area contributed by atoms with Crippen molar-refractivity contribution in [2.75, 3.05) is 6.54 Å². The van der Waals surface area contributed by atoms with Crippen molar-refractivity contribution in [1.29, 1.82) is 0 Å². The predicted molar refractivity (Wildman–Crippen MR) is 55.9 cm³/mol. The van der Waals surface area contributed by atoms with Crippen molar-refractivity contribution in [3.05, 3.63) is 34.9 Å². The maximum absolute atomic E-state index is 3.54. The van der Waals surface area contributed by atoms with Gasteiger partial charge in [0.2, 0.25) is 0 Å². The van der Waals surface area contributed by atoms with Crippen molar-refractivity contribution in [1.82, 2.24) is 5.32 Å². The molecule has 1 aliphatic heterocycles. The molecule has 0 atom stereocenters. The summed E-state index contributed by atoms with van der Waals surface area (Å²) in [5.41, 5.74) is 4.49. The van der Waals surface area contributed by atoms with Gasteiger partial charge in [0.1, 0.15) is 0 Å². The molecule has 1 heteroatoms. The highest BCUT2D eigenvalue weighted by atomic mass is 15.0. The fourth-order valence-electron chi connectivity index (χ4n) is 2.10. The largest absolute Gasteiger partial charge is 0.307 e. The molecular formula is C12H17N. The Labute approximate surface area is 80.2 Å². The molecule has 1 nitrogen and oxygen atoms in total. The number of fused-ring (bicyclic) bond motifs is 1. The molecule has 1 N–H and O–H groups in total. The third-order valence-corrected chi connectivity index (χ3v) is 2.90. The van der Waals surface area contributed by atoms with Crippen LogP contribution in [0.15, 0.2) is 18.2 Å². The number of hydrogen-bond acceptors (Lipinski definition) is 1. The standard InChI is InChI=1S/C12H17N/c1-9-4-5-10-6-7-13-12(2,3)11(10)8-9/h4-5,8,13H,6-7H2,1-3H3. The molecule has 0 spiro atoms. The fraction of sp³-hybridized carbons (Fsp3) is 0.500. The van der Waals surface area contributed by atoms with Gasteiger partial charge < -0.3 is 5.32 Å². The molecule has 13 heavy (non-hydrogen) atoms. The molecule has 0 aromatic heterocycles. The normalized spacial score (nSPS) is 19.6. The molecule has 0 amide bonds. The second-order valence-electron chi connectivity index (χ2n) is 4.46. The van der Waals surface area contributed by atoms with Crippen LogP contribution in [0.2, 0.25) is 0 Å². The van der Waals surface area contributed by atoms with Gasteiger partial charge in [-0.1, -0.05) is 23.8 Å². The van der Waals surface area contributed by atoms with Crippen LogP contribution in [0.1, 0.15) is 30.5 Å². The number of nitrogens with one attached hydrogen (secondary N) is 1. The first-order chi connectivity index (χ1) is 6.09. The van der Waals surface area contributed by atoms with Gasteiger partial charge in [-0.25, -0.2) is 0 Å². The minimum absolute atomic E-state index is 0.152. The lowest BCUT2D eigenvalue weighted by molar-refractivity contribution is 0.382. The zero-order valence-electron chi connectivity index (χ0n) is 8.65. The Hall–Kier alpha value is -0.820. The van der Waals surface area contributed by atoms with Crippen LogP contribution in [0.4, 0.5) is 0 Å². The average Bonchev–Trinajstić information content (AvgIpc) is 2.06. The minimum atomic E-state index is 0.152. The molecule has 1 aromatic rings. The molecule has 1 aromatic carbocycles. The molecule has 2 rings (SSSR count). The van der Waals surface area contributed by atoms with Gasteiger partial charge in [0, 0.05) is 5.54 Å². The molecule has 0 aliphatic carbocycles. The van der Waals surface area contributed by atoms with Crippen LogP contribution in [-0.2, 0) is 12.0 Å². The maximum Gasteiger partial charge on any atom is 0.0380 e. The summed E-state index contributed by atoms with van der Waals surface area (Å²) in [6.07, 6.45) is 1.17. The number of benzene rings is 1. The van der Waals surface area contributed by atoms with E-state index >= 15 is 0 Å². The van der Waals surface area contributed by atoms with Crippen molar-refractivity contribution in [2.24, 2.45) is 0 Å². The summed E-state index contributed by atoms with van der Waals surface area (Å²) in [6, 6.07) is 6.79. The Kier molecular flexibility index (Phi) is 1.92. The van der Waals surface area contributed by atoms with Crippen molar-refractivity contribution in [3.8, 4) is 0 Å². The summed E-state index contributed by atoms with van der Waals surface area (Å²) in [6.45, 7) is 7.77. The van der Waals surface area contributed by atoms with Gasteiger partial charge in [-0.15, -0.1) is 0 Å². The minimum Gasteiger partial charge on any atom is -0.307 e. The Balaban J connectivity index is 2.55. The monoisotopic (exact) mass is 175 g/mol. The van der Waals surface area contributed by atoms with Crippen LogP contribution in [0.3, 0.4) is 0 Å². The van der Waals surface area contributed by atoms with Crippen LogP contribution in [-0.4, -0.2) is 6.54 Å². The van der Waals surface area contributed by atoms with Gasteiger partial charge in [-0.3, -0.25) is 0 Å². The maximum atomic E-state index is 3.54. The highest BCUT2D eigenvalue weighted by Gasteiger charge is 2.26. The second-order valence-corrected chi connectivity index (χ2v) is 4.46. The average molecular weight is 175 g/mol. The first-order valence-electron chi connectivity index (χ1n) is 4.95. The SMILES string of the molecule is Cc1ccc2c(c1)C(C)(C)NCC2. The van der Waals surface area contributed by atoms with E-state index in [-0.39, 0.29) is 5.54 Å². The van der Waals surface area contributed by atoms with Crippen molar-refractivity contribution >= 4 is 0 Å². The van der Waals surface area contributed by atoms with E-state index in [9.17, 15) is 0 Å². The van der Waals surface area contributed by atoms with Crippen LogP contribution < -0.4 is 5.32 Å². The summed E-state index contributed by atoms with van der Waals surface area (Å²) >= 11 is 0. The topological polar surface area (TPSA) is 12.0 Å². The highest BCUT2D eigenvalue weighted by Crippen LogP contribution is 2.28. The summed E-state index contributed by atoms with van der Waals surface area (Å²) in [4.78, 5) is 0. The van der Waals surface area contributed by atoms with E-state index in [0.29, 0.717) is 0 Å². The van der Waals surface area contributed by atoms with E-state index in [1.807, 2.05) is 0 Å². The van der Waals surface area contributed by atoms with Gasteiger partial charge in [0.15, 0.2) is 0 Å². The lowest BCUT2D eigenvalue weighted by Crippen LogP contribution is -2.42. The molecule has 70 valence electrons. The Morgan fingerprint density at radius 3 is 2.85 bits per heavy atom. The van der Waals surface area contributed by atoms with E-state index in [2.05, 4.69) is 44.3 Å². The smallest absolute Gasteiger partial charge is 0.0380 e. The summed E-state index contributed by atoms with van der Waals surface area (Å²) < 4.78 is 0. The predicted octanol–water partition coefficient (Wildman–Crippen LogP) is 2.38. The lowest BCUT2D eigenvalue weighted by Gasteiger charge is -2.34. The number of rotatable bonds is 0. The second kappa shape index (κ2) is 2.85. The number of aryl methyl sites for hydroxylation is 1. The third-order valence-electron chi connectivity index (χ3n) is 2.90. The molecule has 0 saturated carbocycles. The zero-order chi connectivity index (χ0) is 9.47. The molecule has 0 saturated heterocycles. The highest BCUT2D eigenvalue weighted by molar-refractivity contribution is 5.38. The molecule has 1 aliphatic rings. The Bertz CT molecular complexity index is 326. The van der Waals surface area contributed by atoms with Crippen LogP contribution in [0.5, 0.6) is 0 Å². The number of hydrogen-bond donors (Lipinski definition) is 1. The quantitative estimate of drug-likeness (QED) is 0.638. The van der Waals surface area contributed by atoms with Gasteiger partial charge in [-0.2, -0.15) is 0 Å². The molecule has 0 unspecified atom stereocenters. The Morgan fingerprint density at radius 2 is 2.08 bits per heavy atom. The van der Waals surface area contributed by atoms with Crippen LogP contribution >= 0.6 is 0 Å². The van der Waals surface area contributed by atoms with Crippen LogP contribution in [0, 0.1) is 6.92 Å². The van der Waals surface area contributed by atoms with Gasteiger partial charge in [0.05, 0.1) is 0 Å². The van der Waals surface area contributed by atoms with E-state index < -0.39 is 0 Å². The summed E-state index contributed by atoms with van der Waals surface area (Å²) in [5.74, 6) is 0. The zero-order valence-corrected chi connectivity index (χ0v) is 8.65. The van der Waals surface area contributed by atoms with Gasteiger partial charge >= 0.3 is 0 Å². The molecule has 0 fully saturated rings. The summed E-state index contributed by atoms with van der Waals surface area (Å²) in [7, 11) is 0. The van der Waals surface area contributed by atoms with Crippen LogP contribution in [0.25, 0.3) is 0 Å². The first kappa shape index (κ1) is 8.76. The van der Waals surface area contributed by atoms with Crippen molar-refractivity contribution in [2.45, 2.75) is 32.7 Å². The van der Waals surface area contributed by atoms with Crippen molar-refractivity contribution < 1.29 is 0 Å². The molecule has 1 heterocycles. The van der Waals surface area contributed by atoms with E-state index in [1.165, 1.54) is 23.1 Å². The lowest BCUT2D eigenvalue weighted by atomic mass is 9.84. The van der Waals surface area contributed by atoms with E-state index in [0.717, 1.165) is 6.54 Å². The van der Waals surface area contributed by atoms with Crippen molar-refractivity contribution in [3.63, 3.8) is 0 Å². The fourth-order valence-corrected chi connectivity index (χ4v) is 2.10. The van der Waals surface area contributed by atoms with Gasteiger partial charge in [0.25, 0.3) is 0 Å². The molecule has 0 radical (unpaired) electrons. The Morgan fingerprint density at radius 1 is 1.31 bits per heavy atom. The van der Waals surface area contributed by atoms with E-state index in [1.54, 1.807) is 0 Å². The molecule has 0 bridgehead atoms.